The van der Waals surface area contributed by atoms with E-state index >= 15 is 0 Å². The summed E-state index contributed by atoms with van der Waals surface area (Å²) in [4.78, 5) is 48.7. The first kappa shape index (κ1) is 39.0. The van der Waals surface area contributed by atoms with Crippen LogP contribution in [0, 0.1) is 17.8 Å². The molecule has 9 nitrogen and oxygen atoms in total. The molecule has 0 spiro atoms. The number of hydrogen-bond donors (Lipinski definition) is 2. The van der Waals surface area contributed by atoms with Gasteiger partial charge in [0.2, 0.25) is 5.91 Å². The molecule has 282 valence electrons. The predicted molar refractivity (Wildman–Crippen MR) is 213 cm³/mol. The van der Waals surface area contributed by atoms with Gasteiger partial charge in [0.05, 0.1) is 34.8 Å². The maximum atomic E-state index is 13.7. The van der Waals surface area contributed by atoms with Gasteiger partial charge in [-0.05, 0) is 90.8 Å². The second-order valence-electron chi connectivity index (χ2n) is 14.4. The smallest absolute Gasteiger partial charge is 0.323 e. The van der Waals surface area contributed by atoms with Crippen LogP contribution in [0.5, 0.6) is 5.75 Å². The molecule has 54 heavy (non-hydrogen) atoms. The van der Waals surface area contributed by atoms with Crippen molar-refractivity contribution in [3.05, 3.63) is 111 Å². The minimum Gasteiger partial charge on any atom is -0.497 e. The van der Waals surface area contributed by atoms with Crippen LogP contribution in [-0.4, -0.2) is 51.4 Å². The lowest BCUT2D eigenvalue weighted by Crippen LogP contribution is -2.35. The van der Waals surface area contributed by atoms with Gasteiger partial charge in [0.15, 0.2) is 5.82 Å². The first-order chi connectivity index (χ1) is 26.1. The molecule has 0 bridgehead atoms. The summed E-state index contributed by atoms with van der Waals surface area (Å²) >= 11 is 13.0. The summed E-state index contributed by atoms with van der Waals surface area (Å²) in [6.07, 6.45) is 16.5. The molecule has 4 aromatic rings. The van der Waals surface area contributed by atoms with Crippen molar-refractivity contribution in [2.45, 2.75) is 71.3 Å². The van der Waals surface area contributed by atoms with Crippen molar-refractivity contribution < 1.29 is 24.2 Å². The van der Waals surface area contributed by atoms with E-state index in [1.165, 1.54) is 61.1 Å². The second kappa shape index (κ2) is 18.1. The predicted octanol–water partition coefficient (Wildman–Crippen LogP) is 9.77. The molecule has 2 aliphatic carbocycles. The molecule has 11 heteroatoms. The number of aromatic nitrogens is 2. The monoisotopic (exact) mass is 768 g/mol. The molecule has 1 saturated carbocycles. The number of rotatable bonds is 13. The largest absolute Gasteiger partial charge is 0.497 e. The van der Waals surface area contributed by atoms with Crippen molar-refractivity contribution in [3.63, 3.8) is 0 Å². The molecule has 0 saturated heterocycles. The Morgan fingerprint density at radius 2 is 1.54 bits per heavy atom. The summed E-state index contributed by atoms with van der Waals surface area (Å²) in [7, 11) is 1.57. The molecule has 1 heterocycles. The average Bonchev–Trinajstić information content (AvgIpc) is 3.20. The molecule has 2 amide bonds. The number of carboxylic acid groups (broad SMARTS) is 1. The Morgan fingerprint density at radius 1 is 0.852 bits per heavy atom. The molecule has 2 N–H and O–H groups in total. The van der Waals surface area contributed by atoms with Gasteiger partial charge in [0, 0.05) is 30.1 Å². The van der Waals surface area contributed by atoms with E-state index in [0.29, 0.717) is 17.1 Å². The third kappa shape index (κ3) is 9.68. The summed E-state index contributed by atoms with van der Waals surface area (Å²) in [5.41, 5.74) is 4.92. The van der Waals surface area contributed by atoms with Crippen LogP contribution in [0.3, 0.4) is 0 Å². The number of allylic oxidation sites excluding steroid dienone is 2. The lowest BCUT2D eigenvalue weighted by molar-refractivity contribution is -0.137. The second-order valence-corrected chi connectivity index (χ2v) is 15.1. The molecular weight excluding hydrogens is 723 g/mol. The number of halogens is 2. The quantitative estimate of drug-likeness (QED) is 0.139. The van der Waals surface area contributed by atoms with E-state index in [2.05, 4.69) is 28.3 Å². The minimum atomic E-state index is -1.18. The highest BCUT2D eigenvalue weighted by Gasteiger charge is 2.29. The zero-order valence-electron chi connectivity index (χ0n) is 30.7. The fourth-order valence-corrected chi connectivity index (χ4v) is 8.16. The molecule has 6 rings (SSSR count). The van der Waals surface area contributed by atoms with Crippen LogP contribution in [0.1, 0.15) is 85.3 Å². The Hall–Kier alpha value is -4.73. The van der Waals surface area contributed by atoms with Gasteiger partial charge < -0.3 is 20.1 Å². The van der Waals surface area contributed by atoms with Gasteiger partial charge in [0.1, 0.15) is 12.3 Å². The molecular formula is C43H46Cl2N4O5. The van der Waals surface area contributed by atoms with Crippen LogP contribution in [-0.2, 0) is 22.6 Å². The third-order valence-electron chi connectivity index (χ3n) is 10.9. The summed E-state index contributed by atoms with van der Waals surface area (Å²) in [5.74, 6) is 1.72. The number of carbonyl (C=O) groups excluding carboxylic acids is 2. The zero-order chi connectivity index (χ0) is 38.2. The van der Waals surface area contributed by atoms with E-state index in [-0.39, 0.29) is 40.2 Å². The SMILES string of the molecule is CC[C@H]1CC[C@H](C2CC=C(c3cnc(-c4ccc(CN(CC(=O)O)C(=O)c5ccc(NC(=O)Cc6ccc(OC)cc6)c(Cl)c5Cl)cc4)nc3)CC2)CC1. The van der Waals surface area contributed by atoms with Crippen molar-refractivity contribution in [3.8, 4) is 17.1 Å². The molecule has 1 atom stereocenters. The Kier molecular flexibility index (Phi) is 13.0. The fourth-order valence-electron chi connectivity index (χ4n) is 7.70. The lowest BCUT2D eigenvalue weighted by atomic mass is 9.71. The van der Waals surface area contributed by atoms with Crippen LogP contribution in [0.4, 0.5) is 5.69 Å². The van der Waals surface area contributed by atoms with Gasteiger partial charge in [0.25, 0.3) is 5.91 Å². The van der Waals surface area contributed by atoms with Crippen LogP contribution in [0.15, 0.2) is 79.1 Å². The number of anilines is 1. The van der Waals surface area contributed by atoms with Gasteiger partial charge in [-0.2, -0.15) is 0 Å². The molecule has 1 aromatic heterocycles. The number of nitrogens with one attached hydrogen (secondary N) is 1. The number of carboxylic acids is 1. The summed E-state index contributed by atoms with van der Waals surface area (Å²) in [6.45, 7) is 1.77. The number of methoxy groups -OCH3 is 1. The fraction of sp³-hybridized carbons (Fsp3) is 0.372. The van der Waals surface area contributed by atoms with Crippen LogP contribution < -0.4 is 10.1 Å². The van der Waals surface area contributed by atoms with E-state index in [1.54, 1.807) is 31.4 Å². The van der Waals surface area contributed by atoms with Crippen molar-refractivity contribution >= 4 is 52.2 Å². The van der Waals surface area contributed by atoms with Crippen LogP contribution >= 0.6 is 23.2 Å². The van der Waals surface area contributed by atoms with Gasteiger partial charge in [-0.3, -0.25) is 14.4 Å². The number of ether oxygens (including phenoxy) is 1. The zero-order valence-corrected chi connectivity index (χ0v) is 32.2. The molecule has 3 aromatic carbocycles. The van der Waals surface area contributed by atoms with Crippen molar-refractivity contribution in [2.24, 2.45) is 17.8 Å². The minimum absolute atomic E-state index is 0.00863. The van der Waals surface area contributed by atoms with E-state index in [0.717, 1.165) is 47.3 Å². The van der Waals surface area contributed by atoms with Crippen molar-refractivity contribution in [1.29, 1.82) is 0 Å². The topological polar surface area (TPSA) is 122 Å². The highest BCUT2D eigenvalue weighted by Crippen LogP contribution is 2.42. The van der Waals surface area contributed by atoms with Crippen LogP contribution in [0.25, 0.3) is 17.0 Å². The molecule has 1 unspecified atom stereocenters. The molecule has 0 radical (unpaired) electrons. The maximum Gasteiger partial charge on any atom is 0.323 e. The first-order valence-corrected chi connectivity index (χ1v) is 19.4. The van der Waals surface area contributed by atoms with E-state index < -0.39 is 18.4 Å². The van der Waals surface area contributed by atoms with E-state index in [9.17, 15) is 19.5 Å². The average molecular weight is 770 g/mol. The third-order valence-corrected chi connectivity index (χ3v) is 11.8. The standard InChI is InChI=1S/C43H46Cl2N4O5/c1-3-27-4-10-30(11-5-27)31-14-16-32(17-15-31)34-23-46-42(47-24-34)33-12-6-29(7-13-33)25-49(26-39(51)52)43(53)36-20-21-37(41(45)40(36)44)48-38(50)22-28-8-18-35(54-2)19-9-28/h6-9,12-13,16,18-21,23-24,27,30-31H,3-5,10-11,14-15,17,22,25-26H2,1-2H3,(H,48,50)(H,51,52)/t27-,30-,31?. The number of benzene rings is 3. The Bertz CT molecular complexity index is 1980. The first-order valence-electron chi connectivity index (χ1n) is 18.6. The van der Waals surface area contributed by atoms with Gasteiger partial charge in [-0.1, -0.05) is 91.9 Å². The summed E-state index contributed by atoms with van der Waals surface area (Å²) in [5, 5.41) is 12.3. The number of hydrogen-bond acceptors (Lipinski definition) is 6. The highest BCUT2D eigenvalue weighted by atomic mass is 35.5. The van der Waals surface area contributed by atoms with Crippen molar-refractivity contribution in [1.82, 2.24) is 14.9 Å². The van der Waals surface area contributed by atoms with Gasteiger partial charge in [-0.25, -0.2) is 9.97 Å². The van der Waals surface area contributed by atoms with Crippen molar-refractivity contribution in [2.75, 3.05) is 19.0 Å². The van der Waals surface area contributed by atoms with Crippen LogP contribution in [0.2, 0.25) is 10.0 Å². The Balaban J connectivity index is 1.07. The number of amides is 2. The lowest BCUT2D eigenvalue weighted by Gasteiger charge is -2.35. The summed E-state index contributed by atoms with van der Waals surface area (Å²) < 4.78 is 5.16. The highest BCUT2D eigenvalue weighted by molar-refractivity contribution is 6.45. The molecule has 2 aliphatic rings. The van der Waals surface area contributed by atoms with E-state index in [1.807, 2.05) is 36.7 Å². The summed E-state index contributed by atoms with van der Waals surface area (Å²) in [6, 6.07) is 17.4. The van der Waals surface area contributed by atoms with Gasteiger partial charge in [-0.15, -0.1) is 0 Å². The van der Waals surface area contributed by atoms with E-state index in [4.69, 9.17) is 27.9 Å². The molecule has 1 fully saturated rings. The maximum absolute atomic E-state index is 13.7. The number of aliphatic carboxylic acids is 1. The number of nitrogens with zero attached hydrogens (tertiary/aromatic N) is 3. The number of carbonyl (C=O) groups is 3. The Labute approximate surface area is 326 Å². The molecule has 0 aliphatic heterocycles. The normalized spacial score (nSPS) is 18.4. The Morgan fingerprint density at radius 3 is 2.15 bits per heavy atom. The van der Waals surface area contributed by atoms with Gasteiger partial charge >= 0.3 is 5.97 Å².